The van der Waals surface area contributed by atoms with Crippen LogP contribution in [-0.4, -0.2) is 16.4 Å². The fourth-order valence-corrected chi connectivity index (χ4v) is 0.868. The van der Waals surface area contributed by atoms with Gasteiger partial charge < -0.3 is 11.1 Å². The molecule has 68 valence electrons. The van der Waals surface area contributed by atoms with Crippen molar-refractivity contribution in [2.24, 2.45) is 11.7 Å². The SMILES string of the molecule is CC(C)(NC(=O)C1CC1)C(N)=S. The lowest BCUT2D eigenvalue weighted by Crippen LogP contribution is -2.52. The molecule has 1 aliphatic carbocycles. The maximum atomic E-state index is 11.3. The molecule has 0 bridgehead atoms. The molecule has 0 radical (unpaired) electrons. The summed E-state index contributed by atoms with van der Waals surface area (Å²) in [7, 11) is 0. The summed E-state index contributed by atoms with van der Waals surface area (Å²) in [5.41, 5.74) is 4.91. The van der Waals surface area contributed by atoms with E-state index in [9.17, 15) is 4.79 Å². The van der Waals surface area contributed by atoms with Crippen LogP contribution in [0.15, 0.2) is 0 Å². The van der Waals surface area contributed by atoms with Crippen LogP contribution in [0.5, 0.6) is 0 Å². The first-order chi connectivity index (χ1) is 5.43. The van der Waals surface area contributed by atoms with Crippen molar-refractivity contribution in [2.75, 3.05) is 0 Å². The second kappa shape index (κ2) is 3.01. The third-order valence-electron chi connectivity index (χ3n) is 2.00. The lowest BCUT2D eigenvalue weighted by molar-refractivity contribution is -0.123. The van der Waals surface area contributed by atoms with Crippen molar-refractivity contribution in [1.82, 2.24) is 5.32 Å². The van der Waals surface area contributed by atoms with E-state index in [1.54, 1.807) is 0 Å². The molecular formula is C8H14N2OS. The predicted octanol–water partition coefficient (Wildman–Crippen LogP) is 0.577. The van der Waals surface area contributed by atoms with Crippen molar-refractivity contribution in [2.45, 2.75) is 32.2 Å². The van der Waals surface area contributed by atoms with Gasteiger partial charge in [-0.25, -0.2) is 0 Å². The molecule has 1 aliphatic rings. The highest BCUT2D eigenvalue weighted by molar-refractivity contribution is 7.80. The van der Waals surface area contributed by atoms with Crippen molar-refractivity contribution < 1.29 is 4.79 Å². The van der Waals surface area contributed by atoms with E-state index in [2.05, 4.69) is 5.32 Å². The summed E-state index contributed by atoms with van der Waals surface area (Å²) in [4.78, 5) is 11.6. The van der Waals surface area contributed by atoms with Gasteiger partial charge in [0.2, 0.25) is 5.91 Å². The minimum absolute atomic E-state index is 0.0767. The van der Waals surface area contributed by atoms with Crippen molar-refractivity contribution in [3.8, 4) is 0 Å². The summed E-state index contributed by atoms with van der Waals surface area (Å²) in [5.74, 6) is 0.284. The standard InChI is InChI=1S/C8H14N2OS/c1-8(2,7(9)12)10-6(11)5-3-4-5/h5H,3-4H2,1-2H3,(H2,9,12)(H,10,11). The number of amides is 1. The Labute approximate surface area is 77.7 Å². The average Bonchev–Trinajstić information content (AvgIpc) is 2.65. The van der Waals surface area contributed by atoms with Crippen LogP contribution in [0.1, 0.15) is 26.7 Å². The number of nitrogens with two attached hydrogens (primary N) is 1. The van der Waals surface area contributed by atoms with Crippen LogP contribution in [0.25, 0.3) is 0 Å². The topological polar surface area (TPSA) is 55.1 Å². The maximum absolute atomic E-state index is 11.3. The molecule has 4 heteroatoms. The number of hydrogen-bond donors (Lipinski definition) is 2. The zero-order valence-corrected chi connectivity index (χ0v) is 8.20. The van der Waals surface area contributed by atoms with Crippen molar-refractivity contribution in [3.63, 3.8) is 0 Å². The van der Waals surface area contributed by atoms with Crippen LogP contribution in [0.2, 0.25) is 0 Å². The summed E-state index contributed by atoms with van der Waals surface area (Å²) in [6.45, 7) is 3.63. The summed E-state index contributed by atoms with van der Waals surface area (Å²) < 4.78 is 0. The molecule has 3 N–H and O–H groups in total. The highest BCUT2D eigenvalue weighted by Gasteiger charge is 2.33. The first-order valence-electron chi connectivity index (χ1n) is 4.05. The van der Waals surface area contributed by atoms with Gasteiger partial charge in [0.15, 0.2) is 0 Å². The second-order valence-corrected chi connectivity index (χ2v) is 4.19. The zero-order valence-electron chi connectivity index (χ0n) is 7.39. The third-order valence-corrected chi connectivity index (χ3v) is 2.51. The van der Waals surface area contributed by atoms with Gasteiger partial charge in [0.05, 0.1) is 10.5 Å². The molecule has 0 heterocycles. The molecule has 1 fully saturated rings. The number of carbonyl (C=O) groups is 1. The van der Waals surface area contributed by atoms with Gasteiger partial charge in [-0.3, -0.25) is 4.79 Å². The third kappa shape index (κ3) is 2.17. The van der Waals surface area contributed by atoms with Crippen LogP contribution < -0.4 is 11.1 Å². The van der Waals surface area contributed by atoms with Crippen molar-refractivity contribution >= 4 is 23.1 Å². The van der Waals surface area contributed by atoms with Gasteiger partial charge in [0.25, 0.3) is 0 Å². The molecule has 0 spiro atoms. The average molecular weight is 186 g/mol. The molecule has 1 amide bonds. The predicted molar refractivity (Wildman–Crippen MR) is 51.7 cm³/mol. The number of rotatable bonds is 3. The number of thiocarbonyl (C=S) groups is 1. The lowest BCUT2D eigenvalue weighted by atomic mass is 10.1. The van der Waals surface area contributed by atoms with E-state index in [1.807, 2.05) is 13.8 Å². The van der Waals surface area contributed by atoms with Crippen LogP contribution >= 0.6 is 12.2 Å². The molecule has 12 heavy (non-hydrogen) atoms. The van der Waals surface area contributed by atoms with Crippen molar-refractivity contribution in [3.05, 3.63) is 0 Å². The minimum Gasteiger partial charge on any atom is -0.391 e. The van der Waals surface area contributed by atoms with E-state index in [0.717, 1.165) is 12.8 Å². The molecule has 0 aromatic heterocycles. The lowest BCUT2D eigenvalue weighted by Gasteiger charge is -2.24. The smallest absolute Gasteiger partial charge is 0.223 e. The minimum atomic E-state index is -0.547. The Hall–Kier alpha value is -0.640. The summed E-state index contributed by atoms with van der Waals surface area (Å²) in [6, 6.07) is 0. The van der Waals surface area contributed by atoms with Crippen LogP contribution in [-0.2, 0) is 4.79 Å². The van der Waals surface area contributed by atoms with E-state index >= 15 is 0 Å². The number of nitrogens with one attached hydrogen (secondary N) is 1. The van der Waals surface area contributed by atoms with Gasteiger partial charge in [-0.2, -0.15) is 0 Å². The quantitative estimate of drug-likeness (QED) is 0.634. The highest BCUT2D eigenvalue weighted by Crippen LogP contribution is 2.29. The Bertz CT molecular complexity index is 221. The zero-order chi connectivity index (χ0) is 9.35. The normalized spacial score (nSPS) is 17.2. The summed E-state index contributed by atoms with van der Waals surface area (Å²) in [6.07, 6.45) is 2.00. The Morgan fingerprint density at radius 3 is 2.42 bits per heavy atom. The first-order valence-corrected chi connectivity index (χ1v) is 4.46. The maximum Gasteiger partial charge on any atom is 0.223 e. The first kappa shape index (κ1) is 9.45. The molecule has 0 aromatic carbocycles. The van der Waals surface area contributed by atoms with Gasteiger partial charge in [-0.05, 0) is 26.7 Å². The van der Waals surface area contributed by atoms with Crippen LogP contribution in [0, 0.1) is 5.92 Å². The fraction of sp³-hybridized carbons (Fsp3) is 0.750. The van der Waals surface area contributed by atoms with Gasteiger partial charge >= 0.3 is 0 Å². The molecule has 1 saturated carbocycles. The Morgan fingerprint density at radius 2 is 2.08 bits per heavy atom. The van der Waals surface area contributed by atoms with E-state index < -0.39 is 5.54 Å². The molecular weight excluding hydrogens is 172 g/mol. The fourth-order valence-electron chi connectivity index (χ4n) is 0.817. The summed E-state index contributed by atoms with van der Waals surface area (Å²) >= 11 is 4.82. The number of hydrogen-bond acceptors (Lipinski definition) is 2. The van der Waals surface area contributed by atoms with Crippen LogP contribution in [0.3, 0.4) is 0 Å². The van der Waals surface area contributed by atoms with E-state index in [-0.39, 0.29) is 11.8 Å². The molecule has 0 atom stereocenters. The van der Waals surface area contributed by atoms with E-state index in [4.69, 9.17) is 18.0 Å². The van der Waals surface area contributed by atoms with Crippen LogP contribution in [0.4, 0.5) is 0 Å². The monoisotopic (exact) mass is 186 g/mol. The van der Waals surface area contributed by atoms with Gasteiger partial charge in [-0.1, -0.05) is 12.2 Å². The van der Waals surface area contributed by atoms with Gasteiger partial charge in [0, 0.05) is 5.92 Å². The second-order valence-electron chi connectivity index (χ2n) is 3.75. The Morgan fingerprint density at radius 1 is 1.58 bits per heavy atom. The Balaban J connectivity index is 2.47. The molecule has 0 aliphatic heterocycles. The molecule has 0 aromatic rings. The molecule has 3 nitrogen and oxygen atoms in total. The number of carbonyl (C=O) groups excluding carboxylic acids is 1. The van der Waals surface area contributed by atoms with Gasteiger partial charge in [0.1, 0.15) is 0 Å². The largest absolute Gasteiger partial charge is 0.391 e. The van der Waals surface area contributed by atoms with Gasteiger partial charge in [-0.15, -0.1) is 0 Å². The molecule has 0 unspecified atom stereocenters. The molecule has 0 saturated heterocycles. The highest BCUT2D eigenvalue weighted by atomic mass is 32.1. The van der Waals surface area contributed by atoms with E-state index in [1.165, 1.54) is 0 Å². The van der Waals surface area contributed by atoms with Crippen molar-refractivity contribution in [1.29, 1.82) is 0 Å². The van der Waals surface area contributed by atoms with E-state index in [0.29, 0.717) is 4.99 Å². The molecule has 1 rings (SSSR count). The Kier molecular flexibility index (Phi) is 2.37. The summed E-state index contributed by atoms with van der Waals surface area (Å²) in [5, 5.41) is 2.81.